The molecule has 1 aromatic carbocycles. The van der Waals surface area contributed by atoms with Gasteiger partial charge in [-0.25, -0.2) is 4.79 Å². The van der Waals surface area contributed by atoms with Crippen molar-refractivity contribution in [3.05, 3.63) is 23.8 Å². The van der Waals surface area contributed by atoms with E-state index in [2.05, 4.69) is 29.7 Å². The van der Waals surface area contributed by atoms with Crippen molar-refractivity contribution in [1.82, 2.24) is 4.90 Å². The van der Waals surface area contributed by atoms with Crippen LogP contribution in [0, 0.1) is 5.41 Å². The van der Waals surface area contributed by atoms with Crippen LogP contribution in [0.1, 0.15) is 70.3 Å². The Morgan fingerprint density at radius 2 is 1.94 bits per heavy atom. The number of carbonyl (C=O) groups is 2. The number of hydrogen-bond acceptors (Lipinski definition) is 5. The summed E-state index contributed by atoms with van der Waals surface area (Å²) in [6.07, 6.45) is 5.23. The Labute approximate surface area is 184 Å². The molecule has 1 aliphatic carbocycles. The Balaban J connectivity index is 1.51. The molecule has 0 radical (unpaired) electrons. The first kappa shape index (κ1) is 21.9. The minimum absolute atomic E-state index is 0.179. The van der Waals surface area contributed by atoms with Crippen molar-refractivity contribution in [1.29, 1.82) is 0 Å². The maximum absolute atomic E-state index is 13.6. The van der Waals surface area contributed by atoms with Crippen LogP contribution in [-0.2, 0) is 4.79 Å². The monoisotopic (exact) mass is 429 g/mol. The number of amides is 2. The highest BCUT2D eigenvalue weighted by Gasteiger charge is 2.50. The molecule has 7 nitrogen and oxygen atoms in total. The van der Waals surface area contributed by atoms with E-state index in [1.165, 1.54) is 0 Å². The van der Waals surface area contributed by atoms with E-state index >= 15 is 0 Å². The third kappa shape index (κ3) is 4.38. The summed E-state index contributed by atoms with van der Waals surface area (Å²) in [4.78, 5) is 29.2. The van der Waals surface area contributed by atoms with Gasteiger partial charge < -0.3 is 25.4 Å². The number of nitrogens with zero attached hydrogens (tertiary/aromatic N) is 2. The molecule has 4 rings (SSSR count). The third-order valence-electron chi connectivity index (χ3n) is 7.42. The Kier molecular flexibility index (Phi) is 6.15. The zero-order chi connectivity index (χ0) is 22.2. The lowest BCUT2D eigenvalue weighted by Crippen LogP contribution is -2.50. The largest absolute Gasteiger partial charge is 0.410 e. The first-order valence-corrected chi connectivity index (χ1v) is 11.6. The van der Waals surface area contributed by atoms with Crippen molar-refractivity contribution < 1.29 is 19.4 Å². The highest BCUT2D eigenvalue weighted by molar-refractivity contribution is 5.86. The van der Waals surface area contributed by atoms with E-state index in [1.807, 2.05) is 12.1 Å². The van der Waals surface area contributed by atoms with Crippen molar-refractivity contribution in [2.24, 2.45) is 11.1 Å². The molecule has 2 aliphatic heterocycles. The number of anilines is 1. The van der Waals surface area contributed by atoms with E-state index in [4.69, 9.17) is 10.5 Å². The molecule has 2 amide bonds. The molecule has 1 aromatic rings. The molecular formula is C24H35N3O4. The highest BCUT2D eigenvalue weighted by atomic mass is 16.5. The van der Waals surface area contributed by atoms with Crippen LogP contribution in [0.2, 0.25) is 0 Å². The smallest absolute Gasteiger partial charge is 0.409 e. The molecule has 1 saturated carbocycles. The zero-order valence-corrected chi connectivity index (χ0v) is 18.7. The number of rotatable bonds is 4. The summed E-state index contributed by atoms with van der Waals surface area (Å²) in [6.45, 7) is 6.59. The second-order valence-corrected chi connectivity index (χ2v) is 9.81. The molecule has 170 valence electrons. The van der Waals surface area contributed by atoms with Crippen molar-refractivity contribution in [2.45, 2.75) is 76.9 Å². The van der Waals surface area contributed by atoms with Gasteiger partial charge in [0.1, 0.15) is 5.75 Å². The average molecular weight is 430 g/mol. The van der Waals surface area contributed by atoms with Gasteiger partial charge in [-0.2, -0.15) is 0 Å². The Morgan fingerprint density at radius 1 is 1.19 bits per heavy atom. The van der Waals surface area contributed by atoms with Gasteiger partial charge in [-0.3, -0.25) is 4.79 Å². The molecule has 0 bridgehead atoms. The lowest BCUT2D eigenvalue weighted by atomic mass is 9.78. The van der Waals surface area contributed by atoms with Gasteiger partial charge in [-0.15, -0.1) is 0 Å². The highest BCUT2D eigenvalue weighted by Crippen LogP contribution is 2.44. The number of carbonyl (C=O) groups excluding carboxylic acids is 2. The summed E-state index contributed by atoms with van der Waals surface area (Å²) in [5, 5.41) is 9.82. The van der Waals surface area contributed by atoms with Gasteiger partial charge in [0.05, 0.1) is 11.5 Å². The summed E-state index contributed by atoms with van der Waals surface area (Å²) in [5.74, 6) is 0.982. The maximum Gasteiger partial charge on any atom is 0.409 e. The zero-order valence-electron chi connectivity index (χ0n) is 18.7. The number of primary amides is 1. The molecule has 3 fully saturated rings. The number of piperidine rings is 1. The van der Waals surface area contributed by atoms with Crippen LogP contribution >= 0.6 is 0 Å². The minimum Gasteiger partial charge on any atom is -0.410 e. The van der Waals surface area contributed by atoms with Crippen LogP contribution in [0.25, 0.3) is 0 Å². The minimum atomic E-state index is -0.807. The number of aliphatic hydroxyl groups is 1. The van der Waals surface area contributed by atoms with Crippen LogP contribution in [0.5, 0.6) is 5.75 Å². The number of hydrogen-bond donors (Lipinski definition) is 2. The molecule has 31 heavy (non-hydrogen) atoms. The van der Waals surface area contributed by atoms with E-state index in [0.717, 1.165) is 75.8 Å². The van der Waals surface area contributed by atoms with Gasteiger partial charge in [-0.05, 0) is 74.6 Å². The molecular weight excluding hydrogens is 394 g/mol. The quantitative estimate of drug-likeness (QED) is 0.765. The predicted octanol–water partition coefficient (Wildman–Crippen LogP) is 3.39. The van der Waals surface area contributed by atoms with Crippen LogP contribution < -0.4 is 15.4 Å². The van der Waals surface area contributed by atoms with Crippen LogP contribution in [-0.4, -0.2) is 53.8 Å². The third-order valence-corrected chi connectivity index (χ3v) is 7.42. The number of benzene rings is 1. The van der Waals surface area contributed by atoms with Gasteiger partial charge in [-0.1, -0.05) is 13.8 Å². The standard InChI is InChI=1S/C24H35N3O4/c1-16(2)20-14-18(6-9-21(20)31-23(25)30)26-12-3-10-24(15-26)11-13-27(22(24)29)17-4-7-19(28)8-5-17/h6,9,14,16-17,19,28H,3-5,7-8,10-13,15H2,1-2H3,(H2,25,30). The molecule has 1 spiro atoms. The summed E-state index contributed by atoms with van der Waals surface area (Å²) >= 11 is 0. The summed E-state index contributed by atoms with van der Waals surface area (Å²) in [6, 6.07) is 6.13. The lowest BCUT2D eigenvalue weighted by Gasteiger charge is -2.41. The summed E-state index contributed by atoms with van der Waals surface area (Å²) in [5.41, 5.74) is 6.91. The summed E-state index contributed by atoms with van der Waals surface area (Å²) in [7, 11) is 0. The van der Waals surface area contributed by atoms with Crippen LogP contribution in [0.15, 0.2) is 18.2 Å². The van der Waals surface area contributed by atoms with Gasteiger partial charge in [0.15, 0.2) is 0 Å². The Hall–Kier alpha value is -2.28. The van der Waals surface area contributed by atoms with Crippen LogP contribution in [0.4, 0.5) is 10.5 Å². The normalized spacial score (nSPS) is 29.1. The Bertz CT molecular complexity index is 834. The molecule has 7 heteroatoms. The SMILES string of the molecule is CC(C)c1cc(N2CCCC3(CCN(C4CCC(O)CC4)C3=O)C2)ccc1OC(N)=O. The number of ether oxygens (including phenoxy) is 1. The average Bonchev–Trinajstić information content (AvgIpc) is 3.04. The topological polar surface area (TPSA) is 96.1 Å². The van der Waals surface area contributed by atoms with Gasteiger partial charge in [0, 0.05) is 31.4 Å². The molecule has 2 saturated heterocycles. The van der Waals surface area contributed by atoms with Gasteiger partial charge >= 0.3 is 6.09 Å². The van der Waals surface area contributed by atoms with E-state index in [0.29, 0.717) is 11.7 Å². The van der Waals surface area contributed by atoms with Crippen molar-refractivity contribution in [2.75, 3.05) is 24.5 Å². The molecule has 1 atom stereocenters. The molecule has 3 aliphatic rings. The molecule has 1 unspecified atom stereocenters. The van der Waals surface area contributed by atoms with Gasteiger partial charge in [0.25, 0.3) is 0 Å². The molecule has 0 aromatic heterocycles. The van der Waals surface area contributed by atoms with E-state index in [-0.39, 0.29) is 23.5 Å². The van der Waals surface area contributed by atoms with Crippen LogP contribution in [0.3, 0.4) is 0 Å². The number of aliphatic hydroxyl groups excluding tert-OH is 1. The lowest BCUT2D eigenvalue weighted by molar-refractivity contribution is -0.139. The first-order valence-electron chi connectivity index (χ1n) is 11.6. The predicted molar refractivity (Wildman–Crippen MR) is 119 cm³/mol. The van der Waals surface area contributed by atoms with Gasteiger partial charge in [0.2, 0.25) is 5.91 Å². The van der Waals surface area contributed by atoms with Crippen molar-refractivity contribution >= 4 is 17.7 Å². The van der Waals surface area contributed by atoms with Crippen molar-refractivity contribution in [3.63, 3.8) is 0 Å². The fraction of sp³-hybridized carbons (Fsp3) is 0.667. The van der Waals surface area contributed by atoms with E-state index in [9.17, 15) is 14.7 Å². The second-order valence-electron chi connectivity index (χ2n) is 9.81. The Morgan fingerprint density at radius 3 is 2.61 bits per heavy atom. The molecule has 3 N–H and O–H groups in total. The van der Waals surface area contributed by atoms with Crippen molar-refractivity contribution in [3.8, 4) is 5.75 Å². The molecule has 2 heterocycles. The fourth-order valence-corrected chi connectivity index (χ4v) is 5.68. The maximum atomic E-state index is 13.6. The first-order chi connectivity index (χ1) is 14.8. The number of likely N-dealkylation sites (tertiary alicyclic amines) is 1. The van der Waals surface area contributed by atoms with E-state index < -0.39 is 6.09 Å². The number of nitrogens with two attached hydrogens (primary N) is 1. The van der Waals surface area contributed by atoms with E-state index in [1.54, 1.807) is 0 Å². The summed E-state index contributed by atoms with van der Waals surface area (Å²) < 4.78 is 5.19. The fourth-order valence-electron chi connectivity index (χ4n) is 5.68. The second kappa shape index (κ2) is 8.69.